The normalized spacial score (nSPS) is 14.8. The van der Waals surface area contributed by atoms with E-state index >= 15 is 0 Å². The molecular formula is C16H17Br. The monoisotopic (exact) mass is 288 g/mol. The Morgan fingerprint density at radius 2 is 1.53 bits per heavy atom. The summed E-state index contributed by atoms with van der Waals surface area (Å²) >= 11 is 3.68. The molecular weight excluding hydrogens is 272 g/mol. The topological polar surface area (TPSA) is 0 Å². The van der Waals surface area contributed by atoms with Crippen LogP contribution >= 0.6 is 15.9 Å². The van der Waals surface area contributed by atoms with E-state index in [9.17, 15) is 0 Å². The van der Waals surface area contributed by atoms with Crippen molar-refractivity contribution in [2.24, 2.45) is 0 Å². The number of rotatable bonds is 0. The highest BCUT2D eigenvalue weighted by atomic mass is 79.9. The molecule has 1 heteroatoms. The Kier molecular flexibility index (Phi) is 2.90. The number of hydrogen-bond donors (Lipinski definition) is 0. The summed E-state index contributed by atoms with van der Waals surface area (Å²) in [6.07, 6.45) is 0. The van der Waals surface area contributed by atoms with Crippen LogP contribution in [-0.2, 0) is 5.41 Å². The van der Waals surface area contributed by atoms with Crippen molar-refractivity contribution in [3.8, 4) is 11.1 Å². The van der Waals surface area contributed by atoms with Crippen LogP contribution in [0.15, 0.2) is 46.9 Å². The van der Waals surface area contributed by atoms with Gasteiger partial charge in [0.1, 0.15) is 0 Å². The molecule has 0 nitrogen and oxygen atoms in total. The molecule has 1 aliphatic rings. The fraction of sp³-hybridized carbons (Fsp3) is 0.250. The van der Waals surface area contributed by atoms with Gasteiger partial charge in [-0.2, -0.15) is 0 Å². The predicted molar refractivity (Wildman–Crippen MR) is 78.4 cm³/mol. The largest absolute Gasteiger partial charge is 0.0776 e. The van der Waals surface area contributed by atoms with Crippen molar-refractivity contribution in [2.75, 3.05) is 0 Å². The van der Waals surface area contributed by atoms with Crippen LogP contribution in [0, 0.1) is 0 Å². The van der Waals surface area contributed by atoms with Gasteiger partial charge in [0.25, 0.3) is 0 Å². The Balaban J connectivity index is 0.00000108. The van der Waals surface area contributed by atoms with Gasteiger partial charge in [-0.1, -0.05) is 73.6 Å². The van der Waals surface area contributed by atoms with Crippen molar-refractivity contribution >= 4 is 15.9 Å². The molecule has 0 radical (unpaired) electrons. The van der Waals surface area contributed by atoms with E-state index in [-0.39, 0.29) is 12.8 Å². The molecule has 1 aliphatic carbocycles. The van der Waals surface area contributed by atoms with Gasteiger partial charge in [-0.25, -0.2) is 0 Å². The van der Waals surface area contributed by atoms with E-state index in [1.165, 1.54) is 26.7 Å². The zero-order valence-corrected chi connectivity index (χ0v) is 11.0. The number of fused-ring (bicyclic) bond motifs is 3. The molecule has 0 saturated heterocycles. The number of benzene rings is 2. The highest BCUT2D eigenvalue weighted by Gasteiger charge is 2.36. The van der Waals surface area contributed by atoms with Gasteiger partial charge in [0, 0.05) is 9.89 Å². The van der Waals surface area contributed by atoms with E-state index < -0.39 is 0 Å². The van der Waals surface area contributed by atoms with Gasteiger partial charge < -0.3 is 0 Å². The zero-order chi connectivity index (χ0) is 11.3. The van der Waals surface area contributed by atoms with E-state index in [0.29, 0.717) is 0 Å². The molecule has 0 spiro atoms. The number of hydrogen-bond acceptors (Lipinski definition) is 0. The Labute approximate surface area is 112 Å². The van der Waals surface area contributed by atoms with Crippen molar-refractivity contribution in [3.63, 3.8) is 0 Å². The molecule has 17 heavy (non-hydrogen) atoms. The lowest BCUT2D eigenvalue weighted by Crippen LogP contribution is -2.15. The summed E-state index contributed by atoms with van der Waals surface area (Å²) in [5.74, 6) is 0. The first-order valence-electron chi connectivity index (χ1n) is 5.51. The lowest BCUT2D eigenvalue weighted by atomic mass is 9.82. The summed E-state index contributed by atoms with van der Waals surface area (Å²) in [6, 6.07) is 15.2. The zero-order valence-electron chi connectivity index (χ0n) is 9.42. The van der Waals surface area contributed by atoms with Crippen LogP contribution in [0.4, 0.5) is 0 Å². The molecule has 88 valence electrons. The summed E-state index contributed by atoms with van der Waals surface area (Å²) in [5, 5.41) is 0. The molecule has 0 N–H and O–H groups in total. The fourth-order valence-electron chi connectivity index (χ4n) is 2.78. The quantitative estimate of drug-likeness (QED) is 0.610. The third-order valence-corrected chi connectivity index (χ3v) is 4.19. The van der Waals surface area contributed by atoms with E-state index in [2.05, 4.69) is 72.2 Å². The molecule has 0 atom stereocenters. The highest BCUT2D eigenvalue weighted by Crippen LogP contribution is 2.50. The summed E-state index contributed by atoms with van der Waals surface area (Å²) in [4.78, 5) is 0. The Hall–Kier alpha value is -1.08. The van der Waals surface area contributed by atoms with Gasteiger partial charge in [-0.05, 0) is 28.3 Å². The summed E-state index contributed by atoms with van der Waals surface area (Å²) in [6.45, 7) is 4.59. The number of halogens is 1. The Morgan fingerprint density at radius 3 is 2.29 bits per heavy atom. The van der Waals surface area contributed by atoms with Crippen LogP contribution in [0.5, 0.6) is 0 Å². The first kappa shape index (κ1) is 12.4. The molecule has 0 fully saturated rings. The Bertz CT molecular complexity index is 567. The summed E-state index contributed by atoms with van der Waals surface area (Å²) in [5.41, 5.74) is 5.69. The highest BCUT2D eigenvalue weighted by molar-refractivity contribution is 9.10. The van der Waals surface area contributed by atoms with Crippen LogP contribution in [0.2, 0.25) is 0 Å². The van der Waals surface area contributed by atoms with Gasteiger partial charge in [-0.3, -0.25) is 0 Å². The van der Waals surface area contributed by atoms with E-state index in [0.717, 1.165) is 0 Å². The maximum Gasteiger partial charge on any atom is 0.0222 e. The minimum Gasteiger partial charge on any atom is -0.0776 e. The predicted octanol–water partition coefficient (Wildman–Crippen LogP) is 5.39. The van der Waals surface area contributed by atoms with Crippen molar-refractivity contribution in [3.05, 3.63) is 58.1 Å². The van der Waals surface area contributed by atoms with Crippen molar-refractivity contribution < 1.29 is 0 Å². The second-order valence-electron chi connectivity index (χ2n) is 4.83. The molecule has 2 aromatic rings. The lowest BCUT2D eigenvalue weighted by molar-refractivity contribution is 0.657. The second-order valence-corrected chi connectivity index (χ2v) is 5.69. The van der Waals surface area contributed by atoms with Gasteiger partial charge in [0.05, 0.1) is 0 Å². The first-order chi connectivity index (χ1) is 7.62. The van der Waals surface area contributed by atoms with E-state index in [1.54, 1.807) is 0 Å². The molecule has 3 rings (SSSR count). The molecule has 0 unspecified atom stereocenters. The minimum absolute atomic E-state index is 0. The van der Waals surface area contributed by atoms with Crippen LogP contribution in [0.1, 0.15) is 32.4 Å². The molecule has 0 bridgehead atoms. The van der Waals surface area contributed by atoms with Crippen LogP contribution in [0.25, 0.3) is 11.1 Å². The average molecular weight is 289 g/mol. The van der Waals surface area contributed by atoms with Crippen molar-refractivity contribution in [1.82, 2.24) is 0 Å². The third-order valence-electron chi connectivity index (χ3n) is 3.53. The molecule has 0 aliphatic heterocycles. The van der Waals surface area contributed by atoms with Crippen molar-refractivity contribution in [2.45, 2.75) is 26.7 Å². The summed E-state index contributed by atoms with van der Waals surface area (Å²) < 4.78 is 1.21. The molecule has 0 amide bonds. The van der Waals surface area contributed by atoms with E-state index in [4.69, 9.17) is 0 Å². The van der Waals surface area contributed by atoms with Crippen molar-refractivity contribution in [1.29, 1.82) is 0 Å². The maximum atomic E-state index is 3.68. The van der Waals surface area contributed by atoms with Crippen LogP contribution in [0.3, 0.4) is 0 Å². The van der Waals surface area contributed by atoms with Crippen LogP contribution in [-0.4, -0.2) is 0 Å². The summed E-state index contributed by atoms with van der Waals surface area (Å²) in [7, 11) is 0. The standard InChI is InChI=1S/C15H13Br.CH4/c1-15(2)12-8-4-3-6-10(12)11-7-5-9-13(16)14(11)15;/h3-9H,1-2H3;1H4. The average Bonchev–Trinajstić information content (AvgIpc) is 2.50. The van der Waals surface area contributed by atoms with Gasteiger partial charge in [-0.15, -0.1) is 0 Å². The molecule has 2 aromatic carbocycles. The SMILES string of the molecule is C.CC1(C)c2ccccc2-c2cccc(Br)c21. The third kappa shape index (κ3) is 1.56. The Morgan fingerprint density at radius 1 is 0.882 bits per heavy atom. The van der Waals surface area contributed by atoms with Gasteiger partial charge in [0.2, 0.25) is 0 Å². The molecule has 0 heterocycles. The lowest BCUT2D eigenvalue weighted by Gasteiger charge is -2.22. The maximum absolute atomic E-state index is 3.68. The second kappa shape index (κ2) is 3.99. The van der Waals surface area contributed by atoms with E-state index in [1.807, 2.05) is 0 Å². The van der Waals surface area contributed by atoms with Gasteiger partial charge in [0.15, 0.2) is 0 Å². The molecule has 0 saturated carbocycles. The first-order valence-corrected chi connectivity index (χ1v) is 6.30. The smallest absolute Gasteiger partial charge is 0.0222 e. The fourth-order valence-corrected chi connectivity index (χ4v) is 3.64. The van der Waals surface area contributed by atoms with Crippen LogP contribution < -0.4 is 0 Å². The minimum atomic E-state index is 0. The molecule has 0 aromatic heterocycles. The van der Waals surface area contributed by atoms with Gasteiger partial charge >= 0.3 is 0 Å².